The Morgan fingerprint density at radius 1 is 0.353 bits per heavy atom. The van der Waals surface area contributed by atoms with Crippen molar-refractivity contribution in [2.24, 2.45) is 10.8 Å². The number of hydrazine groups is 1. The number of ether oxygens (including phenoxy) is 1. The van der Waals surface area contributed by atoms with Crippen LogP contribution in [-0.4, -0.2) is 38.4 Å². The number of nitrogens with one attached hydrogen (secondary N) is 1. The third-order valence-electron chi connectivity index (χ3n) is 30.0. The standard InChI is InChI=1S/C45H30N2.C38H23N.C31H18BrN.C13H14N2.C6H10O.C4H8O.CH4.3Y.H2/c1-4-17-33(18-5-1)43(34-19-6-2-7-20-34)46-31-32-16-14-23-36(30-32)45(35-21-8-3-9-22-35)39-26-11-13-29-42(39)47-41-28-12-10-24-37(41)38-25-15-27-40(45)44(38)47;1-2-12-27(13-3-1)38(28-21-22-30-26(24-28)23-25-11-4-5-14-29(25)30)33-17-7-9-20-36(33)39-35-19-8-6-15-31(35)32-16-10-18-34(38)37(32)39;32-23-13-8-12-22(20-23)31(21-10-2-1-3-11-21)26-16-5-7-19-29(26)33-28-18-6-4-14-24(28)25-15-9-17-27(31)30(25)33;14-15-13(11-7-3-1-4-8-11)12-9-5-2-6-10-12;7-6-4-2-1-3-5-6;1-2-4-5-3-1;;;;;/h1-21,24-30H,31H2;1-12,14-20,22,24H,23H2;1-10,13-20H;1-10,13,15H,14H2;1-5H2;1-4H2;1H4;;;;1H/q3*-2;;;;;;;;/i;;;;;;;;;;1+1D. The molecule has 150 heavy (non-hydrogen) atoms. The van der Waals surface area contributed by atoms with Crippen molar-refractivity contribution in [2.75, 3.05) is 13.2 Å². The number of nitrogens with two attached hydrogens (primary N) is 1. The quantitative estimate of drug-likeness (QED) is 0.0521. The number of hydrogen-bond donors (Lipinski definition) is 2. The molecule has 1 saturated heterocycles. The molecule has 3 radical (unpaired) electrons. The van der Waals surface area contributed by atoms with Gasteiger partial charge in [0.05, 0.1) is 61.9 Å². The van der Waals surface area contributed by atoms with E-state index >= 15 is 0 Å². The van der Waals surface area contributed by atoms with Crippen LogP contribution in [-0.2, 0) is 137 Å². The van der Waals surface area contributed by atoms with Crippen LogP contribution in [0, 0.1) is 36.4 Å². The smallest absolute Gasteiger partial charge is 0.132 e. The minimum Gasteiger partial charge on any atom is -0.381 e. The van der Waals surface area contributed by atoms with Crippen molar-refractivity contribution in [1.82, 2.24) is 19.1 Å². The monoisotopic (exact) mass is 2230 g/mol. The number of aromatic nitrogens is 3. The Labute approximate surface area is 965 Å². The molecule has 3 aromatic heterocycles. The first-order chi connectivity index (χ1) is 73.3. The Hall–Kier alpha value is -13.2. The second-order valence-corrected chi connectivity index (χ2v) is 39.1. The molecule has 3 N–H and O–H groups in total. The Morgan fingerprint density at radius 2 is 0.720 bits per heavy atom. The largest absolute Gasteiger partial charge is 0.381 e. The molecule has 29 rings (SSSR count). The van der Waals surface area contributed by atoms with E-state index in [1.807, 2.05) is 91.0 Å². The number of halogens is 1. The van der Waals surface area contributed by atoms with Crippen molar-refractivity contribution in [2.45, 2.75) is 87.6 Å². The van der Waals surface area contributed by atoms with E-state index in [1.54, 1.807) is 0 Å². The Kier molecular flexibility index (Phi) is 31.7. The molecule has 1 saturated carbocycles. The molecule has 7 heterocycles. The van der Waals surface area contributed by atoms with Crippen LogP contribution in [0.1, 0.15) is 167 Å². The molecule has 12 heteroatoms. The fourth-order valence-corrected chi connectivity index (χ4v) is 24.1. The summed E-state index contributed by atoms with van der Waals surface area (Å²) >= 11 is 3.73. The van der Waals surface area contributed by atoms with Crippen LogP contribution in [0.4, 0.5) is 0 Å². The first-order valence-corrected chi connectivity index (χ1v) is 51.5. The Balaban J connectivity index is 0.000000125. The average molecular weight is 2230 g/mol. The van der Waals surface area contributed by atoms with Gasteiger partial charge >= 0.3 is 0 Å². The van der Waals surface area contributed by atoms with Crippen molar-refractivity contribution >= 4 is 92.8 Å². The summed E-state index contributed by atoms with van der Waals surface area (Å²) in [4.78, 5) is 15.7. The number of Topliss-reactive ketones (excluding diaryl/α,β-unsaturated/α-hetero) is 1. The van der Waals surface area contributed by atoms with Gasteiger partial charge in [-0.05, 0) is 113 Å². The number of para-hydroxylation sites is 9. The second-order valence-electron chi connectivity index (χ2n) is 38.2. The molecule has 4 aliphatic heterocycles. The number of nitrogens with zero attached hydrogens (tertiary/aromatic N) is 4. The number of rotatable bonds is 13. The van der Waals surface area contributed by atoms with Crippen LogP contribution in [0.25, 0.3) is 93.6 Å². The summed E-state index contributed by atoms with van der Waals surface area (Å²) in [6.07, 6.45) is 8.75. The number of benzene rings is 20. The van der Waals surface area contributed by atoms with Crippen LogP contribution in [0.15, 0.2) is 477 Å². The number of aliphatic imine (C=N–C) groups is 1. The zero-order chi connectivity index (χ0) is 99.9. The first-order valence-electron chi connectivity index (χ1n) is 51.7. The topological polar surface area (TPSA) is 91.5 Å². The Morgan fingerprint density at radius 3 is 1.13 bits per heavy atom. The van der Waals surface area contributed by atoms with Crippen LogP contribution in [0.3, 0.4) is 0 Å². The van der Waals surface area contributed by atoms with E-state index in [0.29, 0.717) is 12.3 Å². The molecule has 2 fully saturated rings. The maximum atomic E-state index is 10.5. The number of ketones is 1. The van der Waals surface area contributed by atoms with Crippen LogP contribution in [0.5, 0.6) is 0 Å². The molecule has 725 valence electrons. The van der Waals surface area contributed by atoms with Gasteiger partial charge in [0, 0.05) is 193 Å². The van der Waals surface area contributed by atoms with Gasteiger partial charge in [-0.25, -0.2) is 5.43 Å². The minimum absolute atomic E-state index is 0. The van der Waals surface area contributed by atoms with Crippen molar-refractivity contribution in [1.29, 1.82) is 0 Å². The summed E-state index contributed by atoms with van der Waals surface area (Å²) in [6, 6.07) is 188. The van der Waals surface area contributed by atoms with E-state index < -0.39 is 16.2 Å². The average Bonchev–Trinajstić information content (AvgIpc) is 1.48. The first kappa shape index (κ1) is 103. The van der Waals surface area contributed by atoms with Crippen LogP contribution in [0.2, 0.25) is 0 Å². The number of carbonyl (C=O) groups is 1. The number of hydrogen-bond acceptors (Lipinski definition) is 5. The van der Waals surface area contributed by atoms with E-state index in [4.69, 9.17) is 18.5 Å². The minimum atomic E-state index is -0.636. The normalized spacial score (nSPS) is 15.7. The molecular weight excluding hydrogens is 2120 g/mol. The van der Waals surface area contributed by atoms with Gasteiger partial charge in [-0.1, -0.05) is 355 Å². The summed E-state index contributed by atoms with van der Waals surface area (Å²) in [7, 11) is 0. The molecule has 8 nitrogen and oxygen atoms in total. The van der Waals surface area contributed by atoms with Crippen molar-refractivity contribution < 1.29 is 111 Å². The molecule has 3 atom stereocenters. The predicted molar refractivity (Wildman–Crippen MR) is 608 cm³/mol. The fourth-order valence-electron chi connectivity index (χ4n) is 23.8. The zero-order valence-electron chi connectivity index (χ0n) is 84.6. The van der Waals surface area contributed by atoms with Gasteiger partial charge in [-0.15, -0.1) is 50.1 Å². The summed E-state index contributed by atoms with van der Waals surface area (Å²) in [5, 5.41) is 7.62. The van der Waals surface area contributed by atoms with Crippen molar-refractivity contribution in [3.05, 3.63) is 614 Å². The van der Waals surface area contributed by atoms with E-state index in [1.165, 1.54) is 174 Å². The molecule has 2 aliphatic carbocycles. The van der Waals surface area contributed by atoms with Gasteiger partial charge in [0.1, 0.15) is 5.78 Å². The van der Waals surface area contributed by atoms with E-state index in [0.717, 1.165) is 100 Å². The molecule has 6 aliphatic rings. The third-order valence-corrected chi connectivity index (χ3v) is 30.5. The molecular formula is C138H109BrN6O2Y3-6. The van der Waals surface area contributed by atoms with Crippen molar-refractivity contribution in [3.63, 3.8) is 0 Å². The summed E-state index contributed by atoms with van der Waals surface area (Å²) in [6.45, 7) is 2.54. The number of carbonyl (C=O) groups excluding carboxylic acids is 1. The summed E-state index contributed by atoms with van der Waals surface area (Å²) < 4.78 is 23.4. The van der Waals surface area contributed by atoms with Gasteiger partial charge < -0.3 is 18.4 Å². The molecule has 3 unspecified atom stereocenters. The molecule has 0 spiro atoms. The molecule has 20 aromatic carbocycles. The van der Waals surface area contributed by atoms with Gasteiger partial charge in [0.15, 0.2) is 0 Å². The SMILES string of the molecule is Brc1cc[c-]c(C2(c3[c-]cccc3)c3ccccc3-n3c4ccccc4c4cccc2c43)c1.C.C1CCOC1.NNC(c1ccccc1)c1ccccc1.O=C1CCCCC1.[2H][2H].[Y].[Y].[Y].[c-]1ccccc1C1(c2[c-]cc3c(c2)Cc2ccccc2-3)c2ccccc2-n2c3ccccc3c3cccc1c32.[c-]1ccccc1C1(c2[c-]ccc(CN=C(c3ccccc3)c3ccccc3)c2)c2ccccc2-n2c3ccccc3c3cccc1c32. The van der Waals surface area contributed by atoms with Gasteiger partial charge in [-0.3, -0.25) is 15.6 Å². The van der Waals surface area contributed by atoms with Gasteiger partial charge in [-0.2, -0.15) is 158 Å². The maximum absolute atomic E-state index is 10.5. The summed E-state index contributed by atoms with van der Waals surface area (Å²) in [5.74, 6) is 6.05. The van der Waals surface area contributed by atoms with Gasteiger partial charge in [0.2, 0.25) is 0 Å². The molecule has 0 bridgehead atoms. The number of fused-ring (bicyclic) bond motifs is 18. The Bertz CT molecular complexity index is 8720. The fraction of sp³-hybridized carbons (Fsp3) is 0.116. The maximum Gasteiger partial charge on any atom is 0.132 e. The van der Waals surface area contributed by atoms with Gasteiger partial charge in [0.25, 0.3) is 0 Å². The van der Waals surface area contributed by atoms with Crippen molar-refractivity contribution in [3.8, 4) is 28.2 Å². The predicted octanol–water partition coefficient (Wildman–Crippen LogP) is 32.0. The van der Waals surface area contributed by atoms with Crippen LogP contribution < -0.4 is 11.3 Å². The van der Waals surface area contributed by atoms with E-state index in [2.05, 4.69) is 448 Å². The zero-order valence-corrected chi connectivity index (χ0v) is 92.7. The summed E-state index contributed by atoms with van der Waals surface area (Å²) in [5.41, 5.74) is 38.5. The third kappa shape index (κ3) is 18.7. The second kappa shape index (κ2) is 46.3. The molecule has 23 aromatic rings. The molecule has 0 amide bonds. The van der Waals surface area contributed by atoms with E-state index in [-0.39, 0.29) is 112 Å². The van der Waals surface area contributed by atoms with Crippen LogP contribution >= 0.6 is 15.9 Å². The van der Waals surface area contributed by atoms with E-state index in [9.17, 15) is 4.79 Å².